The molecular formula is C15H20FN3S. The molecule has 0 aliphatic heterocycles. The number of halogens is 1. The number of thiazole rings is 1. The van der Waals surface area contributed by atoms with Gasteiger partial charge >= 0.3 is 0 Å². The molecule has 0 amide bonds. The molecule has 1 N–H and O–H groups in total. The van der Waals surface area contributed by atoms with Crippen molar-refractivity contribution in [2.45, 2.75) is 46.2 Å². The van der Waals surface area contributed by atoms with E-state index in [1.807, 2.05) is 0 Å². The highest BCUT2D eigenvalue weighted by Gasteiger charge is 2.14. The van der Waals surface area contributed by atoms with Crippen molar-refractivity contribution >= 4 is 11.3 Å². The van der Waals surface area contributed by atoms with Crippen molar-refractivity contribution in [3.05, 3.63) is 34.8 Å². The molecule has 0 aromatic carbocycles. The van der Waals surface area contributed by atoms with E-state index in [-0.39, 0.29) is 5.82 Å². The third-order valence-electron chi connectivity index (χ3n) is 2.94. The lowest BCUT2D eigenvalue weighted by Gasteiger charge is -2.07. The zero-order chi connectivity index (χ0) is 14.5. The van der Waals surface area contributed by atoms with Crippen LogP contribution < -0.4 is 5.32 Å². The minimum absolute atomic E-state index is 0.312. The van der Waals surface area contributed by atoms with Crippen molar-refractivity contribution in [2.75, 3.05) is 0 Å². The zero-order valence-electron chi connectivity index (χ0n) is 12.1. The number of pyridine rings is 1. The quantitative estimate of drug-likeness (QED) is 0.880. The first-order chi connectivity index (χ1) is 9.61. The van der Waals surface area contributed by atoms with Crippen molar-refractivity contribution in [2.24, 2.45) is 0 Å². The number of hydrogen-bond donors (Lipinski definition) is 1. The van der Waals surface area contributed by atoms with Crippen LogP contribution in [0.5, 0.6) is 0 Å². The molecule has 5 heteroatoms. The molecule has 0 radical (unpaired) electrons. The molecule has 3 nitrogen and oxygen atoms in total. The second-order valence-electron chi connectivity index (χ2n) is 5.03. The Balaban J connectivity index is 2.31. The molecule has 0 aliphatic carbocycles. The smallest absolute Gasteiger partial charge is 0.151 e. The predicted octanol–water partition coefficient (Wildman–Crippen LogP) is 3.79. The summed E-state index contributed by atoms with van der Waals surface area (Å²) in [5.74, 6) is -0.312. The molecule has 20 heavy (non-hydrogen) atoms. The minimum Gasteiger partial charge on any atom is -0.310 e. The molecule has 0 unspecified atom stereocenters. The van der Waals surface area contributed by atoms with E-state index in [2.05, 4.69) is 36.1 Å². The molecule has 2 rings (SSSR count). The maximum atomic E-state index is 13.8. The van der Waals surface area contributed by atoms with E-state index < -0.39 is 0 Å². The summed E-state index contributed by atoms with van der Waals surface area (Å²) in [5.41, 5.74) is 1.62. The van der Waals surface area contributed by atoms with Crippen molar-refractivity contribution in [1.29, 1.82) is 0 Å². The molecular weight excluding hydrogens is 273 g/mol. The Morgan fingerprint density at radius 1 is 1.40 bits per heavy atom. The molecule has 0 bridgehead atoms. The lowest BCUT2D eigenvalue weighted by atomic mass is 10.2. The van der Waals surface area contributed by atoms with Gasteiger partial charge in [0.1, 0.15) is 5.01 Å². The maximum absolute atomic E-state index is 13.8. The van der Waals surface area contributed by atoms with Crippen LogP contribution in [0.4, 0.5) is 4.39 Å². The van der Waals surface area contributed by atoms with E-state index in [4.69, 9.17) is 0 Å². The topological polar surface area (TPSA) is 37.8 Å². The fraction of sp³-hybridized carbons (Fsp3) is 0.467. The van der Waals surface area contributed by atoms with Crippen LogP contribution in [0.25, 0.3) is 10.6 Å². The van der Waals surface area contributed by atoms with Gasteiger partial charge in [-0.25, -0.2) is 9.37 Å². The Bertz CT molecular complexity index is 566. The molecule has 2 aromatic heterocycles. The van der Waals surface area contributed by atoms with Gasteiger partial charge in [-0.15, -0.1) is 11.3 Å². The van der Waals surface area contributed by atoms with E-state index in [1.54, 1.807) is 23.6 Å². The van der Waals surface area contributed by atoms with Crippen LogP contribution in [-0.4, -0.2) is 16.0 Å². The zero-order valence-corrected chi connectivity index (χ0v) is 12.9. The Morgan fingerprint density at radius 2 is 2.20 bits per heavy atom. The summed E-state index contributed by atoms with van der Waals surface area (Å²) >= 11 is 1.57. The molecule has 0 saturated carbocycles. The van der Waals surface area contributed by atoms with E-state index in [9.17, 15) is 4.39 Å². The van der Waals surface area contributed by atoms with Gasteiger partial charge in [0.15, 0.2) is 5.82 Å². The normalized spacial score (nSPS) is 11.2. The Hall–Kier alpha value is -1.33. The SMILES string of the molecule is CCCc1nc(-c2ccncc2F)sc1CNC(C)C. The minimum atomic E-state index is -0.312. The molecule has 2 heterocycles. The molecule has 0 saturated heterocycles. The van der Waals surface area contributed by atoms with Crippen LogP contribution in [0, 0.1) is 5.82 Å². The summed E-state index contributed by atoms with van der Waals surface area (Å²) < 4.78 is 13.8. The van der Waals surface area contributed by atoms with E-state index in [1.165, 1.54) is 11.1 Å². The van der Waals surface area contributed by atoms with Crippen molar-refractivity contribution in [3.63, 3.8) is 0 Å². The first-order valence-corrected chi connectivity index (χ1v) is 7.75. The number of nitrogens with one attached hydrogen (secondary N) is 1. The van der Waals surface area contributed by atoms with Gasteiger partial charge in [-0.05, 0) is 12.5 Å². The van der Waals surface area contributed by atoms with Gasteiger partial charge < -0.3 is 5.32 Å². The van der Waals surface area contributed by atoms with Crippen molar-refractivity contribution < 1.29 is 4.39 Å². The molecule has 2 aromatic rings. The summed E-state index contributed by atoms with van der Waals surface area (Å²) in [6, 6.07) is 2.11. The lowest BCUT2D eigenvalue weighted by molar-refractivity contribution is 0.589. The summed E-state index contributed by atoms with van der Waals surface area (Å²) in [4.78, 5) is 9.61. The Labute approximate surface area is 123 Å². The van der Waals surface area contributed by atoms with Gasteiger partial charge in [0, 0.05) is 29.2 Å². The predicted molar refractivity (Wildman–Crippen MR) is 81.3 cm³/mol. The number of hydrogen-bond acceptors (Lipinski definition) is 4. The molecule has 0 fully saturated rings. The number of aryl methyl sites for hydroxylation is 1. The standard InChI is InChI=1S/C15H20FN3S/c1-4-5-13-14(9-18-10(2)3)20-15(19-13)11-6-7-17-8-12(11)16/h6-8,10,18H,4-5,9H2,1-3H3. The van der Waals surface area contributed by atoms with Crippen molar-refractivity contribution in [1.82, 2.24) is 15.3 Å². The second kappa shape index (κ2) is 6.90. The largest absolute Gasteiger partial charge is 0.310 e. The fourth-order valence-corrected chi connectivity index (χ4v) is 3.00. The molecule has 108 valence electrons. The third-order valence-corrected chi connectivity index (χ3v) is 4.07. The van der Waals surface area contributed by atoms with Crippen molar-refractivity contribution in [3.8, 4) is 10.6 Å². The first kappa shape index (κ1) is 15.1. The van der Waals surface area contributed by atoms with E-state index in [0.717, 1.165) is 30.1 Å². The van der Waals surface area contributed by atoms with Crippen LogP contribution in [0.3, 0.4) is 0 Å². The van der Waals surface area contributed by atoms with Gasteiger partial charge in [-0.1, -0.05) is 27.2 Å². The van der Waals surface area contributed by atoms with E-state index in [0.29, 0.717) is 11.6 Å². The van der Waals surface area contributed by atoms with Gasteiger partial charge in [0.2, 0.25) is 0 Å². The molecule has 0 spiro atoms. The Morgan fingerprint density at radius 3 is 2.85 bits per heavy atom. The highest BCUT2D eigenvalue weighted by Crippen LogP contribution is 2.30. The maximum Gasteiger partial charge on any atom is 0.151 e. The summed E-state index contributed by atoms with van der Waals surface area (Å²) in [6.45, 7) is 7.15. The highest BCUT2D eigenvalue weighted by molar-refractivity contribution is 7.15. The van der Waals surface area contributed by atoms with Crippen LogP contribution in [0.2, 0.25) is 0 Å². The first-order valence-electron chi connectivity index (χ1n) is 6.93. The fourth-order valence-electron chi connectivity index (χ4n) is 1.91. The van der Waals surface area contributed by atoms with Gasteiger partial charge in [0.05, 0.1) is 11.9 Å². The second-order valence-corrected chi connectivity index (χ2v) is 6.11. The third kappa shape index (κ3) is 3.61. The molecule has 0 atom stereocenters. The Kier molecular flexibility index (Phi) is 5.20. The number of rotatable bonds is 6. The summed E-state index contributed by atoms with van der Waals surface area (Å²) in [5, 5.41) is 4.15. The van der Waals surface area contributed by atoms with Gasteiger partial charge in [0.25, 0.3) is 0 Å². The van der Waals surface area contributed by atoms with Crippen LogP contribution in [0.1, 0.15) is 37.8 Å². The summed E-state index contributed by atoms with van der Waals surface area (Å²) in [7, 11) is 0. The monoisotopic (exact) mass is 293 g/mol. The average molecular weight is 293 g/mol. The van der Waals surface area contributed by atoms with Crippen LogP contribution >= 0.6 is 11.3 Å². The van der Waals surface area contributed by atoms with E-state index >= 15 is 0 Å². The average Bonchev–Trinajstić information content (AvgIpc) is 2.80. The molecule has 0 aliphatic rings. The summed E-state index contributed by atoms with van der Waals surface area (Å²) in [6.07, 6.45) is 4.81. The lowest BCUT2D eigenvalue weighted by Crippen LogP contribution is -2.21. The van der Waals surface area contributed by atoms with Gasteiger partial charge in [-0.2, -0.15) is 0 Å². The van der Waals surface area contributed by atoms with Crippen LogP contribution in [-0.2, 0) is 13.0 Å². The highest BCUT2D eigenvalue weighted by atomic mass is 32.1. The number of aromatic nitrogens is 2. The van der Waals surface area contributed by atoms with Crippen LogP contribution in [0.15, 0.2) is 18.5 Å². The number of nitrogens with zero attached hydrogens (tertiary/aromatic N) is 2. The van der Waals surface area contributed by atoms with Gasteiger partial charge in [-0.3, -0.25) is 4.98 Å².